The van der Waals surface area contributed by atoms with Gasteiger partial charge in [0.05, 0.1) is 6.54 Å². The summed E-state index contributed by atoms with van der Waals surface area (Å²) in [4.78, 5) is 33.1. The van der Waals surface area contributed by atoms with Crippen molar-refractivity contribution in [3.8, 4) is 0 Å². The van der Waals surface area contributed by atoms with E-state index in [1.54, 1.807) is 20.8 Å². The summed E-state index contributed by atoms with van der Waals surface area (Å²) in [5, 5.41) is 0. The van der Waals surface area contributed by atoms with Gasteiger partial charge in [0.2, 0.25) is 5.96 Å². The highest BCUT2D eigenvalue weighted by Gasteiger charge is 2.31. The molecule has 0 spiro atoms. The highest BCUT2D eigenvalue weighted by Crippen LogP contribution is 2.17. The van der Waals surface area contributed by atoms with Crippen LogP contribution in [0.25, 0.3) is 6.08 Å². The predicted molar refractivity (Wildman–Crippen MR) is 123 cm³/mol. The summed E-state index contributed by atoms with van der Waals surface area (Å²) in [6.07, 6.45) is 4.44. The Balaban J connectivity index is 2.35. The van der Waals surface area contributed by atoms with Crippen molar-refractivity contribution in [3.63, 3.8) is 0 Å². The number of likely N-dealkylation sites (tertiary alicyclic amines) is 1. The van der Waals surface area contributed by atoms with Crippen LogP contribution in [-0.4, -0.2) is 58.8 Å². The van der Waals surface area contributed by atoms with Gasteiger partial charge in [-0.05, 0) is 59.9 Å². The molecule has 0 saturated carbocycles. The number of hydrogen-bond acceptors (Lipinski definition) is 4. The van der Waals surface area contributed by atoms with Crippen LogP contribution in [0.1, 0.15) is 59.9 Å². The maximum absolute atomic E-state index is 13.1. The molecule has 0 atom stereocenters. The van der Waals surface area contributed by atoms with Crippen molar-refractivity contribution in [3.05, 3.63) is 42.0 Å². The molecule has 1 aliphatic rings. The number of aliphatic imine (C=N–C) groups is 1. The molecular weight excluding hydrogens is 394 g/mol. The van der Waals surface area contributed by atoms with Crippen LogP contribution in [0.5, 0.6) is 0 Å². The zero-order valence-corrected chi connectivity index (χ0v) is 19.6. The quantitative estimate of drug-likeness (QED) is 0.480. The monoisotopic (exact) mass is 429 g/mol. The van der Waals surface area contributed by atoms with Gasteiger partial charge in [0.15, 0.2) is 0 Å². The largest absolute Gasteiger partial charge is 0.443 e. The molecule has 170 valence electrons. The van der Waals surface area contributed by atoms with E-state index in [0.29, 0.717) is 13.1 Å². The Morgan fingerprint density at radius 2 is 1.58 bits per heavy atom. The molecule has 1 heterocycles. The third-order valence-corrected chi connectivity index (χ3v) is 4.23. The van der Waals surface area contributed by atoms with E-state index in [-0.39, 0.29) is 12.5 Å². The normalized spacial score (nSPS) is 15.3. The van der Waals surface area contributed by atoms with Gasteiger partial charge in [-0.2, -0.15) is 0 Å². The van der Waals surface area contributed by atoms with Gasteiger partial charge in [-0.1, -0.05) is 42.5 Å². The van der Waals surface area contributed by atoms with Crippen molar-refractivity contribution >= 4 is 24.2 Å². The second-order valence-corrected chi connectivity index (χ2v) is 9.49. The third-order valence-electron chi connectivity index (χ3n) is 4.23. The molecule has 1 fully saturated rings. The Labute approximate surface area is 185 Å². The molecule has 2 rings (SSSR count). The highest BCUT2D eigenvalue weighted by atomic mass is 16.6. The van der Waals surface area contributed by atoms with Crippen LogP contribution >= 0.6 is 0 Å². The second-order valence-electron chi connectivity index (χ2n) is 9.49. The van der Waals surface area contributed by atoms with Gasteiger partial charge in [-0.3, -0.25) is 0 Å². The summed E-state index contributed by atoms with van der Waals surface area (Å²) in [5.74, 6) is 0.263. The summed E-state index contributed by atoms with van der Waals surface area (Å²) in [6.45, 7) is 12.4. The Kier molecular flexibility index (Phi) is 8.25. The van der Waals surface area contributed by atoms with Crippen molar-refractivity contribution in [2.75, 3.05) is 19.6 Å². The second kappa shape index (κ2) is 10.5. The number of rotatable bonds is 3. The van der Waals surface area contributed by atoms with Crippen molar-refractivity contribution in [1.29, 1.82) is 0 Å². The summed E-state index contributed by atoms with van der Waals surface area (Å²) in [5.41, 5.74) is -0.347. The van der Waals surface area contributed by atoms with Gasteiger partial charge < -0.3 is 14.4 Å². The first-order chi connectivity index (χ1) is 14.4. The number of benzene rings is 1. The molecule has 1 aliphatic heterocycles. The fraction of sp³-hybridized carbons (Fsp3) is 0.542. The van der Waals surface area contributed by atoms with Crippen LogP contribution in [0, 0.1) is 0 Å². The SMILES string of the molecule is CC(C)(C)OC(=O)/N=C(\N1CCCC1)N(C/C=C/c1ccccc1)C(=O)OC(C)(C)C. The van der Waals surface area contributed by atoms with Gasteiger partial charge in [-0.25, -0.2) is 14.5 Å². The van der Waals surface area contributed by atoms with E-state index in [2.05, 4.69) is 4.99 Å². The van der Waals surface area contributed by atoms with Crippen LogP contribution in [-0.2, 0) is 9.47 Å². The van der Waals surface area contributed by atoms with Gasteiger partial charge >= 0.3 is 12.2 Å². The first-order valence-corrected chi connectivity index (χ1v) is 10.7. The lowest BCUT2D eigenvalue weighted by Gasteiger charge is -2.31. The van der Waals surface area contributed by atoms with Crippen molar-refractivity contribution in [1.82, 2.24) is 9.80 Å². The number of hydrogen-bond donors (Lipinski definition) is 0. The predicted octanol–water partition coefficient (Wildman–Crippen LogP) is 5.32. The minimum absolute atomic E-state index is 0.210. The van der Waals surface area contributed by atoms with Gasteiger partial charge in [0, 0.05) is 13.1 Å². The Hall–Kier alpha value is -2.83. The van der Waals surface area contributed by atoms with E-state index in [0.717, 1.165) is 18.4 Å². The van der Waals surface area contributed by atoms with Crippen LogP contribution in [0.3, 0.4) is 0 Å². The summed E-state index contributed by atoms with van der Waals surface area (Å²) >= 11 is 0. The standard InChI is InChI=1S/C24H35N3O4/c1-23(2,3)30-21(28)25-20(26-16-10-11-17-26)27(22(29)31-24(4,5)6)18-12-15-19-13-8-7-9-14-19/h7-9,12-15H,10-11,16-18H2,1-6H3/b15-12+,25-20+. The van der Waals surface area contributed by atoms with E-state index in [1.807, 2.05) is 68.2 Å². The number of carbonyl (C=O) groups is 2. The first kappa shape index (κ1) is 24.4. The van der Waals surface area contributed by atoms with Gasteiger partial charge in [0.1, 0.15) is 11.2 Å². The maximum atomic E-state index is 13.1. The molecule has 1 aromatic rings. The fourth-order valence-electron chi connectivity index (χ4n) is 3.00. The Morgan fingerprint density at radius 3 is 2.13 bits per heavy atom. The average Bonchev–Trinajstić information content (AvgIpc) is 3.16. The number of nitrogens with zero attached hydrogens (tertiary/aromatic N) is 3. The van der Waals surface area contributed by atoms with Gasteiger partial charge in [0.25, 0.3) is 0 Å². The highest BCUT2D eigenvalue weighted by molar-refractivity contribution is 5.99. The minimum atomic E-state index is -0.727. The van der Waals surface area contributed by atoms with Crippen LogP contribution in [0.2, 0.25) is 0 Å². The lowest BCUT2D eigenvalue weighted by molar-refractivity contribution is 0.0365. The van der Waals surface area contributed by atoms with E-state index < -0.39 is 23.4 Å². The molecule has 0 aliphatic carbocycles. The molecule has 7 nitrogen and oxygen atoms in total. The van der Waals surface area contributed by atoms with Gasteiger partial charge in [-0.15, -0.1) is 4.99 Å². The van der Waals surface area contributed by atoms with E-state index in [4.69, 9.17) is 9.47 Å². The zero-order chi connectivity index (χ0) is 23.1. The third kappa shape index (κ3) is 8.82. The van der Waals surface area contributed by atoms with Crippen molar-refractivity contribution in [2.45, 2.75) is 65.6 Å². The average molecular weight is 430 g/mol. The number of carbonyl (C=O) groups excluding carboxylic acids is 2. The topological polar surface area (TPSA) is 71.4 Å². The van der Waals surface area contributed by atoms with E-state index in [9.17, 15) is 9.59 Å². The molecule has 0 radical (unpaired) electrons. The van der Waals surface area contributed by atoms with Crippen LogP contribution in [0.4, 0.5) is 9.59 Å². The molecular formula is C24H35N3O4. The maximum Gasteiger partial charge on any atom is 0.437 e. The Bertz CT molecular complexity index is 798. The van der Waals surface area contributed by atoms with Crippen molar-refractivity contribution in [2.24, 2.45) is 4.99 Å². The number of ether oxygens (including phenoxy) is 2. The molecule has 31 heavy (non-hydrogen) atoms. The molecule has 0 bridgehead atoms. The minimum Gasteiger partial charge on any atom is -0.443 e. The lowest BCUT2D eigenvalue weighted by atomic mass is 10.2. The smallest absolute Gasteiger partial charge is 0.437 e. The lowest BCUT2D eigenvalue weighted by Crippen LogP contribution is -2.48. The first-order valence-electron chi connectivity index (χ1n) is 10.7. The molecule has 0 aromatic heterocycles. The number of guanidine groups is 1. The fourth-order valence-corrected chi connectivity index (χ4v) is 3.00. The van der Waals surface area contributed by atoms with E-state index >= 15 is 0 Å². The van der Waals surface area contributed by atoms with Crippen LogP contribution in [0.15, 0.2) is 41.4 Å². The number of amides is 2. The summed E-state index contributed by atoms with van der Waals surface area (Å²) in [7, 11) is 0. The summed E-state index contributed by atoms with van der Waals surface area (Å²) in [6, 6.07) is 9.80. The van der Waals surface area contributed by atoms with Crippen molar-refractivity contribution < 1.29 is 19.1 Å². The molecule has 7 heteroatoms. The van der Waals surface area contributed by atoms with E-state index in [1.165, 1.54) is 4.90 Å². The molecule has 0 N–H and O–H groups in total. The molecule has 1 saturated heterocycles. The molecule has 1 aromatic carbocycles. The Morgan fingerprint density at radius 1 is 1.00 bits per heavy atom. The van der Waals surface area contributed by atoms with Crippen LogP contribution < -0.4 is 0 Å². The molecule has 0 unspecified atom stereocenters. The summed E-state index contributed by atoms with van der Waals surface area (Å²) < 4.78 is 11.0. The molecule has 2 amide bonds. The zero-order valence-electron chi connectivity index (χ0n) is 19.6.